The molecule has 20 heavy (non-hydrogen) atoms. The molecule has 5 heteroatoms. The SMILES string of the molecule is COc1cc(CN[C@H](C)[C@H]2CCCO2)cc(Cl)c1OC. The van der Waals surface area contributed by atoms with Crippen LogP contribution in [0.4, 0.5) is 0 Å². The zero-order valence-electron chi connectivity index (χ0n) is 12.2. The molecule has 0 aliphatic carbocycles. The highest BCUT2D eigenvalue weighted by Gasteiger charge is 2.22. The molecule has 1 saturated heterocycles. The Morgan fingerprint density at radius 1 is 1.40 bits per heavy atom. The molecule has 1 aromatic carbocycles. The lowest BCUT2D eigenvalue weighted by Gasteiger charge is -2.20. The molecule has 1 N–H and O–H groups in total. The van der Waals surface area contributed by atoms with Crippen molar-refractivity contribution in [2.45, 2.75) is 38.5 Å². The van der Waals surface area contributed by atoms with Crippen molar-refractivity contribution in [3.63, 3.8) is 0 Å². The van der Waals surface area contributed by atoms with Gasteiger partial charge in [0.1, 0.15) is 0 Å². The van der Waals surface area contributed by atoms with E-state index in [1.54, 1.807) is 14.2 Å². The first kappa shape index (κ1) is 15.4. The second-order valence-electron chi connectivity index (χ2n) is 5.03. The van der Waals surface area contributed by atoms with E-state index in [-0.39, 0.29) is 0 Å². The van der Waals surface area contributed by atoms with E-state index in [1.165, 1.54) is 0 Å². The Hall–Kier alpha value is -0.970. The Morgan fingerprint density at radius 3 is 2.80 bits per heavy atom. The molecule has 0 bridgehead atoms. The fraction of sp³-hybridized carbons (Fsp3) is 0.600. The Bertz CT molecular complexity index is 447. The van der Waals surface area contributed by atoms with E-state index in [2.05, 4.69) is 12.2 Å². The molecule has 0 unspecified atom stereocenters. The third kappa shape index (κ3) is 3.57. The zero-order chi connectivity index (χ0) is 14.5. The summed E-state index contributed by atoms with van der Waals surface area (Å²) in [6, 6.07) is 4.17. The van der Waals surface area contributed by atoms with Crippen LogP contribution in [0.15, 0.2) is 12.1 Å². The van der Waals surface area contributed by atoms with Crippen LogP contribution in [-0.2, 0) is 11.3 Å². The topological polar surface area (TPSA) is 39.7 Å². The summed E-state index contributed by atoms with van der Waals surface area (Å²) in [6.07, 6.45) is 2.59. The zero-order valence-corrected chi connectivity index (χ0v) is 13.0. The highest BCUT2D eigenvalue weighted by Crippen LogP contribution is 2.36. The first-order valence-electron chi connectivity index (χ1n) is 6.91. The summed E-state index contributed by atoms with van der Waals surface area (Å²) in [4.78, 5) is 0. The molecule has 0 spiro atoms. The van der Waals surface area contributed by atoms with Gasteiger partial charge in [0.05, 0.1) is 25.3 Å². The van der Waals surface area contributed by atoms with Crippen molar-refractivity contribution < 1.29 is 14.2 Å². The van der Waals surface area contributed by atoms with Gasteiger partial charge in [0.15, 0.2) is 11.5 Å². The van der Waals surface area contributed by atoms with Crippen LogP contribution >= 0.6 is 11.6 Å². The van der Waals surface area contributed by atoms with E-state index < -0.39 is 0 Å². The second-order valence-corrected chi connectivity index (χ2v) is 5.44. The van der Waals surface area contributed by atoms with Crippen molar-refractivity contribution in [2.75, 3.05) is 20.8 Å². The summed E-state index contributed by atoms with van der Waals surface area (Å²) >= 11 is 6.20. The van der Waals surface area contributed by atoms with Crippen LogP contribution in [0.5, 0.6) is 11.5 Å². The molecule has 0 radical (unpaired) electrons. The van der Waals surface area contributed by atoms with Gasteiger partial charge in [-0.2, -0.15) is 0 Å². The highest BCUT2D eigenvalue weighted by molar-refractivity contribution is 6.32. The van der Waals surface area contributed by atoms with Crippen LogP contribution in [0.2, 0.25) is 5.02 Å². The van der Waals surface area contributed by atoms with E-state index in [1.807, 2.05) is 12.1 Å². The van der Waals surface area contributed by atoms with Crippen molar-refractivity contribution in [3.05, 3.63) is 22.7 Å². The number of rotatable bonds is 6. The predicted octanol–water partition coefficient (Wildman–Crippen LogP) is 3.01. The Balaban J connectivity index is 2.00. The van der Waals surface area contributed by atoms with Gasteiger partial charge < -0.3 is 19.5 Å². The first-order chi connectivity index (χ1) is 9.65. The van der Waals surface area contributed by atoms with E-state index in [9.17, 15) is 0 Å². The van der Waals surface area contributed by atoms with Crippen LogP contribution in [0, 0.1) is 0 Å². The van der Waals surface area contributed by atoms with Gasteiger partial charge in [-0.25, -0.2) is 0 Å². The third-order valence-corrected chi connectivity index (χ3v) is 3.92. The lowest BCUT2D eigenvalue weighted by Crippen LogP contribution is -2.36. The fourth-order valence-electron chi connectivity index (χ4n) is 2.48. The van der Waals surface area contributed by atoms with Crippen molar-refractivity contribution in [3.8, 4) is 11.5 Å². The second kappa shape index (κ2) is 7.16. The smallest absolute Gasteiger partial charge is 0.179 e. The maximum absolute atomic E-state index is 6.20. The summed E-state index contributed by atoms with van der Waals surface area (Å²) in [5.41, 5.74) is 1.07. The molecular formula is C15H22ClNO3. The van der Waals surface area contributed by atoms with Crippen molar-refractivity contribution in [2.24, 2.45) is 0 Å². The van der Waals surface area contributed by atoms with Gasteiger partial charge in [-0.1, -0.05) is 11.6 Å². The van der Waals surface area contributed by atoms with Gasteiger partial charge >= 0.3 is 0 Å². The Kier molecular flexibility index (Phi) is 5.52. The van der Waals surface area contributed by atoms with Gasteiger partial charge in [0, 0.05) is 19.2 Å². The highest BCUT2D eigenvalue weighted by atomic mass is 35.5. The minimum atomic E-state index is 0.311. The molecule has 2 rings (SSSR count). The van der Waals surface area contributed by atoms with E-state index in [0.717, 1.165) is 31.6 Å². The Labute approximate surface area is 125 Å². The molecule has 0 aromatic heterocycles. The normalized spacial score (nSPS) is 19.9. The van der Waals surface area contributed by atoms with Gasteiger partial charge in [-0.3, -0.25) is 0 Å². The maximum atomic E-state index is 6.20. The number of halogens is 1. The standard InChI is InChI=1S/C15H22ClNO3/c1-10(13-5-4-6-20-13)17-9-11-7-12(16)15(19-3)14(8-11)18-2/h7-8,10,13,17H,4-6,9H2,1-3H3/t10-,13-/m1/s1. The number of nitrogens with one attached hydrogen (secondary N) is 1. The van der Waals surface area contributed by atoms with Gasteiger partial charge in [0.25, 0.3) is 0 Å². The third-order valence-electron chi connectivity index (χ3n) is 3.64. The molecule has 1 aliphatic heterocycles. The van der Waals surface area contributed by atoms with Crippen molar-refractivity contribution >= 4 is 11.6 Å². The van der Waals surface area contributed by atoms with E-state index in [4.69, 9.17) is 25.8 Å². The average molecular weight is 300 g/mol. The predicted molar refractivity (Wildman–Crippen MR) is 79.8 cm³/mol. The number of benzene rings is 1. The van der Waals surface area contributed by atoms with E-state index >= 15 is 0 Å². The molecule has 0 saturated carbocycles. The van der Waals surface area contributed by atoms with Crippen LogP contribution in [0.25, 0.3) is 0 Å². The molecule has 1 aromatic rings. The largest absolute Gasteiger partial charge is 0.493 e. The van der Waals surface area contributed by atoms with E-state index in [0.29, 0.717) is 28.7 Å². The van der Waals surface area contributed by atoms with Crippen LogP contribution in [0.1, 0.15) is 25.3 Å². The lowest BCUT2D eigenvalue weighted by atomic mass is 10.1. The number of ether oxygens (including phenoxy) is 3. The van der Waals surface area contributed by atoms with Crippen molar-refractivity contribution in [1.82, 2.24) is 5.32 Å². The van der Waals surface area contributed by atoms with Crippen molar-refractivity contribution in [1.29, 1.82) is 0 Å². The minimum Gasteiger partial charge on any atom is -0.493 e. The molecule has 1 fully saturated rings. The van der Waals surface area contributed by atoms with Gasteiger partial charge in [0.2, 0.25) is 0 Å². The molecule has 1 heterocycles. The van der Waals surface area contributed by atoms with Gasteiger partial charge in [-0.05, 0) is 37.5 Å². The van der Waals surface area contributed by atoms with Crippen LogP contribution < -0.4 is 14.8 Å². The molecule has 0 amide bonds. The summed E-state index contributed by atoms with van der Waals surface area (Å²) < 4.78 is 16.2. The molecule has 2 atom stereocenters. The minimum absolute atomic E-state index is 0.311. The molecule has 1 aliphatic rings. The summed E-state index contributed by atoms with van der Waals surface area (Å²) in [5.74, 6) is 1.23. The quantitative estimate of drug-likeness (QED) is 0.876. The number of methoxy groups -OCH3 is 2. The Morgan fingerprint density at radius 2 is 2.20 bits per heavy atom. The summed E-state index contributed by atoms with van der Waals surface area (Å²) in [7, 11) is 3.20. The van der Waals surface area contributed by atoms with Gasteiger partial charge in [-0.15, -0.1) is 0 Å². The number of hydrogen-bond donors (Lipinski definition) is 1. The molecular weight excluding hydrogens is 278 g/mol. The molecule has 112 valence electrons. The molecule has 4 nitrogen and oxygen atoms in total. The average Bonchev–Trinajstić information content (AvgIpc) is 2.98. The lowest BCUT2D eigenvalue weighted by molar-refractivity contribution is 0.0832. The summed E-state index contributed by atoms with van der Waals surface area (Å²) in [6.45, 7) is 3.75. The summed E-state index contributed by atoms with van der Waals surface area (Å²) in [5, 5.41) is 4.04. The monoisotopic (exact) mass is 299 g/mol. The number of hydrogen-bond acceptors (Lipinski definition) is 4. The first-order valence-corrected chi connectivity index (χ1v) is 7.29. The van der Waals surface area contributed by atoms with Crippen LogP contribution in [0.3, 0.4) is 0 Å². The fourth-order valence-corrected chi connectivity index (χ4v) is 2.79. The van der Waals surface area contributed by atoms with Crippen LogP contribution in [-0.4, -0.2) is 33.0 Å². The maximum Gasteiger partial charge on any atom is 0.179 e.